The Labute approximate surface area is 101 Å². The maximum Gasteiger partial charge on any atom is 0.313 e. The summed E-state index contributed by atoms with van der Waals surface area (Å²) in [6, 6.07) is 0. The van der Waals surface area contributed by atoms with Gasteiger partial charge >= 0.3 is 5.97 Å². The van der Waals surface area contributed by atoms with E-state index in [1.165, 1.54) is 0 Å². The molecule has 0 spiro atoms. The van der Waals surface area contributed by atoms with Crippen molar-refractivity contribution in [2.75, 3.05) is 11.5 Å². The molecule has 3 nitrogen and oxygen atoms in total. The first kappa shape index (κ1) is 12.2. The highest BCUT2D eigenvalue weighted by Crippen LogP contribution is 2.51. The molecule has 0 aromatic carbocycles. The van der Waals surface area contributed by atoms with Crippen LogP contribution in [0.25, 0.3) is 0 Å². The quantitative estimate of drug-likeness (QED) is 0.781. The van der Waals surface area contributed by atoms with Crippen molar-refractivity contribution in [1.29, 1.82) is 0 Å². The van der Waals surface area contributed by atoms with Crippen LogP contribution in [0.2, 0.25) is 0 Å². The largest absolute Gasteiger partial charge is 0.481 e. The highest BCUT2D eigenvalue weighted by molar-refractivity contribution is 7.99. The van der Waals surface area contributed by atoms with Crippen LogP contribution in [0.3, 0.4) is 0 Å². The van der Waals surface area contributed by atoms with Gasteiger partial charge in [0.15, 0.2) is 0 Å². The molecule has 1 aliphatic heterocycles. The van der Waals surface area contributed by atoms with Crippen molar-refractivity contribution in [3.05, 3.63) is 0 Å². The molecular formula is C12H20O3S. The molecule has 2 fully saturated rings. The molecule has 2 rings (SSSR count). The van der Waals surface area contributed by atoms with Crippen molar-refractivity contribution in [1.82, 2.24) is 0 Å². The van der Waals surface area contributed by atoms with Crippen LogP contribution in [0.15, 0.2) is 0 Å². The summed E-state index contributed by atoms with van der Waals surface area (Å²) in [6.45, 7) is 2.11. The maximum atomic E-state index is 11.6. The number of rotatable bonds is 2. The molecule has 0 aromatic heterocycles. The second kappa shape index (κ2) is 4.22. The molecule has 1 aliphatic carbocycles. The molecule has 3 atom stereocenters. The average Bonchev–Trinajstić information content (AvgIpc) is 2.66. The summed E-state index contributed by atoms with van der Waals surface area (Å²) in [6.07, 6.45) is 4.00. The summed E-state index contributed by atoms with van der Waals surface area (Å²) in [5.41, 5.74) is -1.85. The molecule has 16 heavy (non-hydrogen) atoms. The first-order chi connectivity index (χ1) is 7.50. The van der Waals surface area contributed by atoms with E-state index in [1.54, 1.807) is 11.8 Å². The number of thioether (sulfide) groups is 1. The van der Waals surface area contributed by atoms with Crippen molar-refractivity contribution in [3.8, 4) is 0 Å². The first-order valence-electron chi connectivity index (χ1n) is 6.04. The van der Waals surface area contributed by atoms with Crippen molar-refractivity contribution < 1.29 is 15.0 Å². The Bertz CT molecular complexity index is 286. The lowest BCUT2D eigenvalue weighted by Crippen LogP contribution is -2.55. The van der Waals surface area contributed by atoms with Gasteiger partial charge in [-0.05, 0) is 30.9 Å². The lowest BCUT2D eigenvalue weighted by molar-refractivity contribution is -0.172. The van der Waals surface area contributed by atoms with Crippen LogP contribution in [-0.4, -0.2) is 33.3 Å². The minimum atomic E-state index is -0.972. The molecule has 0 bridgehead atoms. The molecule has 1 saturated heterocycles. The van der Waals surface area contributed by atoms with Gasteiger partial charge < -0.3 is 10.2 Å². The number of aliphatic hydroxyl groups is 1. The van der Waals surface area contributed by atoms with Crippen molar-refractivity contribution in [2.24, 2.45) is 11.3 Å². The van der Waals surface area contributed by atoms with Crippen LogP contribution in [0, 0.1) is 11.3 Å². The van der Waals surface area contributed by atoms with Gasteiger partial charge in [0.2, 0.25) is 0 Å². The van der Waals surface area contributed by atoms with E-state index in [4.69, 9.17) is 0 Å². The van der Waals surface area contributed by atoms with Crippen LogP contribution >= 0.6 is 11.8 Å². The summed E-state index contributed by atoms with van der Waals surface area (Å²) < 4.78 is 0. The third kappa shape index (κ3) is 1.76. The summed E-state index contributed by atoms with van der Waals surface area (Å²) >= 11 is 1.66. The normalized spacial score (nSPS) is 44.5. The van der Waals surface area contributed by atoms with Crippen LogP contribution in [0.4, 0.5) is 0 Å². The van der Waals surface area contributed by atoms with Gasteiger partial charge in [0.05, 0.1) is 5.60 Å². The molecule has 92 valence electrons. The smallest absolute Gasteiger partial charge is 0.313 e. The zero-order chi connectivity index (χ0) is 11.8. The van der Waals surface area contributed by atoms with E-state index in [9.17, 15) is 15.0 Å². The Morgan fingerprint density at radius 3 is 2.69 bits per heavy atom. The highest BCUT2D eigenvalue weighted by Gasteiger charge is 2.58. The topological polar surface area (TPSA) is 57.5 Å². The van der Waals surface area contributed by atoms with Gasteiger partial charge in [0, 0.05) is 5.75 Å². The van der Waals surface area contributed by atoms with Crippen LogP contribution in [0.5, 0.6) is 0 Å². The molecule has 0 radical (unpaired) electrons. The van der Waals surface area contributed by atoms with Gasteiger partial charge in [-0.25, -0.2) is 0 Å². The zero-order valence-electron chi connectivity index (χ0n) is 9.74. The summed E-state index contributed by atoms with van der Waals surface area (Å²) in [5.74, 6) is 1.09. The average molecular weight is 244 g/mol. The second-order valence-corrected chi connectivity index (χ2v) is 6.53. The molecule has 0 aromatic rings. The Kier molecular flexibility index (Phi) is 3.23. The number of carboxylic acids is 1. The van der Waals surface area contributed by atoms with Crippen LogP contribution in [-0.2, 0) is 4.79 Å². The van der Waals surface area contributed by atoms with E-state index in [0.29, 0.717) is 30.9 Å². The van der Waals surface area contributed by atoms with E-state index >= 15 is 0 Å². The molecule has 1 heterocycles. The molecule has 0 amide bonds. The second-order valence-electron chi connectivity index (χ2n) is 5.42. The minimum Gasteiger partial charge on any atom is -0.481 e. The highest BCUT2D eigenvalue weighted by atomic mass is 32.2. The molecular weight excluding hydrogens is 224 g/mol. The monoisotopic (exact) mass is 244 g/mol. The number of carboxylic acid groups (broad SMARTS) is 1. The van der Waals surface area contributed by atoms with E-state index < -0.39 is 17.0 Å². The van der Waals surface area contributed by atoms with Crippen molar-refractivity contribution in [2.45, 2.75) is 44.6 Å². The number of aliphatic carboxylic acids is 1. The van der Waals surface area contributed by atoms with Gasteiger partial charge in [0.1, 0.15) is 5.41 Å². The summed E-state index contributed by atoms with van der Waals surface area (Å²) in [5, 5.41) is 20.3. The number of carbonyl (C=O) groups is 1. The van der Waals surface area contributed by atoms with Gasteiger partial charge in [-0.3, -0.25) is 4.79 Å². The molecule has 2 N–H and O–H groups in total. The summed E-state index contributed by atoms with van der Waals surface area (Å²) in [4.78, 5) is 11.6. The van der Waals surface area contributed by atoms with Crippen molar-refractivity contribution in [3.63, 3.8) is 0 Å². The Morgan fingerprint density at radius 1 is 1.44 bits per heavy atom. The number of hydrogen-bond acceptors (Lipinski definition) is 3. The fourth-order valence-corrected chi connectivity index (χ4v) is 4.78. The van der Waals surface area contributed by atoms with Crippen LogP contribution < -0.4 is 0 Å². The third-order valence-corrected chi connectivity index (χ3v) is 5.48. The fourth-order valence-electron chi connectivity index (χ4n) is 3.26. The zero-order valence-corrected chi connectivity index (χ0v) is 10.6. The van der Waals surface area contributed by atoms with Crippen LogP contribution in [0.1, 0.15) is 39.0 Å². The SMILES string of the molecule is CC1CCCC(O)(C2(C(=O)O)CCSC2)C1. The van der Waals surface area contributed by atoms with E-state index in [2.05, 4.69) is 6.92 Å². The Morgan fingerprint density at radius 2 is 2.19 bits per heavy atom. The molecule has 1 saturated carbocycles. The van der Waals surface area contributed by atoms with Crippen molar-refractivity contribution >= 4 is 17.7 Å². The minimum absolute atomic E-state index is 0.445. The molecule has 2 aliphatic rings. The van der Waals surface area contributed by atoms with E-state index in [0.717, 1.165) is 18.6 Å². The molecule has 4 heteroatoms. The van der Waals surface area contributed by atoms with Gasteiger partial charge in [-0.2, -0.15) is 11.8 Å². The predicted molar refractivity (Wildman–Crippen MR) is 64.6 cm³/mol. The third-order valence-electron chi connectivity index (χ3n) is 4.30. The lowest BCUT2D eigenvalue weighted by atomic mass is 9.62. The van der Waals surface area contributed by atoms with Gasteiger partial charge in [-0.15, -0.1) is 0 Å². The first-order valence-corrected chi connectivity index (χ1v) is 7.19. The predicted octanol–water partition coefficient (Wildman–Crippen LogP) is 2.14. The standard InChI is InChI=1S/C12H20O3S/c1-9-3-2-4-12(15,7-9)11(10(13)14)5-6-16-8-11/h9,15H,2-8H2,1H3,(H,13,14). The van der Waals surface area contributed by atoms with E-state index in [-0.39, 0.29) is 0 Å². The maximum absolute atomic E-state index is 11.6. The van der Waals surface area contributed by atoms with E-state index in [1.807, 2.05) is 0 Å². The number of hydrogen-bond donors (Lipinski definition) is 2. The lowest BCUT2D eigenvalue weighted by Gasteiger charge is -2.46. The Hall–Kier alpha value is -0.220. The van der Waals surface area contributed by atoms with Gasteiger partial charge in [-0.1, -0.05) is 19.8 Å². The van der Waals surface area contributed by atoms with Gasteiger partial charge in [0.25, 0.3) is 0 Å². The molecule has 3 unspecified atom stereocenters. The fraction of sp³-hybridized carbons (Fsp3) is 0.917. The Balaban J connectivity index is 2.28. The summed E-state index contributed by atoms with van der Waals surface area (Å²) in [7, 11) is 0.